The van der Waals surface area contributed by atoms with Crippen LogP contribution in [0.3, 0.4) is 0 Å². The normalized spacial score (nSPS) is 17.3. The van der Waals surface area contributed by atoms with Gasteiger partial charge in [0.05, 0.1) is 11.7 Å². The molecule has 3 heterocycles. The molecular formula is C26H28ClFN4O6. The van der Waals surface area contributed by atoms with E-state index in [1.165, 1.54) is 12.1 Å². The zero-order valence-corrected chi connectivity index (χ0v) is 21.2. The molecule has 3 aromatic rings. The van der Waals surface area contributed by atoms with Crippen molar-refractivity contribution >= 4 is 40.5 Å². The molecule has 0 aliphatic carbocycles. The van der Waals surface area contributed by atoms with Crippen LogP contribution in [-0.2, 0) is 9.59 Å². The Bertz CT molecular complexity index is 1300. The van der Waals surface area contributed by atoms with Crippen LogP contribution in [0, 0.1) is 5.82 Å². The van der Waals surface area contributed by atoms with Crippen molar-refractivity contribution in [2.24, 2.45) is 0 Å². The quantitative estimate of drug-likeness (QED) is 0.388. The number of amides is 2. The number of hydrogen-bond acceptors (Lipinski definition) is 5. The number of benzene rings is 2. The lowest BCUT2D eigenvalue weighted by molar-refractivity contribution is -0.159. The lowest BCUT2D eigenvalue weighted by Crippen LogP contribution is -2.41. The number of carboxylic acids is 2. The van der Waals surface area contributed by atoms with Crippen LogP contribution in [0.4, 0.5) is 9.18 Å². The smallest absolute Gasteiger partial charge is 0.414 e. The molecule has 0 radical (unpaired) electrons. The van der Waals surface area contributed by atoms with Crippen LogP contribution >= 0.6 is 11.6 Å². The zero-order chi connectivity index (χ0) is 27.2. The number of urea groups is 1. The van der Waals surface area contributed by atoms with Crippen LogP contribution in [0.5, 0.6) is 5.75 Å². The maximum absolute atomic E-state index is 13.4. The van der Waals surface area contributed by atoms with E-state index in [9.17, 15) is 9.18 Å². The van der Waals surface area contributed by atoms with Crippen molar-refractivity contribution in [3.63, 3.8) is 0 Å². The van der Waals surface area contributed by atoms with Gasteiger partial charge in [0.2, 0.25) is 0 Å². The standard InChI is InChI=1S/C24H26ClFN4O2.C2H2O4/c25-17-3-8-22-21(14-17)23(15-30(22)19-6-4-18(26)5-7-19)32-16-20-2-1-10-28(20)12-13-29-11-9-27-24(29)31;3-1(4)2(5)6/h3-8,14-15,20H,1-2,9-13,16H2,(H,27,31);(H,3,4)(H,5,6)/t20-;/m1./s1. The summed E-state index contributed by atoms with van der Waals surface area (Å²) in [4.78, 5) is 34.3. The van der Waals surface area contributed by atoms with Crippen LogP contribution in [0.1, 0.15) is 12.8 Å². The van der Waals surface area contributed by atoms with Gasteiger partial charge in [-0.15, -0.1) is 0 Å². The monoisotopic (exact) mass is 546 g/mol. The Labute approximate surface area is 223 Å². The van der Waals surface area contributed by atoms with E-state index in [1.807, 2.05) is 33.9 Å². The highest BCUT2D eigenvalue weighted by Crippen LogP contribution is 2.33. The van der Waals surface area contributed by atoms with Gasteiger partial charge in [0.25, 0.3) is 0 Å². The number of aliphatic carboxylic acids is 2. The van der Waals surface area contributed by atoms with Crippen LogP contribution in [0.15, 0.2) is 48.7 Å². The van der Waals surface area contributed by atoms with Gasteiger partial charge in [-0.3, -0.25) is 4.90 Å². The number of carbonyl (C=O) groups excluding carboxylic acids is 1. The molecule has 2 aliphatic heterocycles. The zero-order valence-electron chi connectivity index (χ0n) is 20.5. The predicted molar refractivity (Wildman–Crippen MR) is 139 cm³/mol. The first-order valence-corrected chi connectivity index (χ1v) is 12.5. The topological polar surface area (TPSA) is 124 Å². The number of carbonyl (C=O) groups is 3. The Kier molecular flexibility index (Phi) is 8.70. The van der Waals surface area contributed by atoms with Gasteiger partial charge < -0.3 is 29.7 Å². The number of nitrogens with one attached hydrogen (secondary N) is 1. The molecule has 12 heteroatoms. The van der Waals surface area contributed by atoms with Crippen molar-refractivity contribution in [2.75, 3.05) is 39.3 Å². The molecule has 2 amide bonds. The summed E-state index contributed by atoms with van der Waals surface area (Å²) in [6, 6.07) is 12.5. The summed E-state index contributed by atoms with van der Waals surface area (Å²) in [5.74, 6) is -3.15. The second-order valence-electron chi connectivity index (χ2n) is 8.97. The van der Waals surface area contributed by atoms with Crippen LogP contribution in [0.25, 0.3) is 16.6 Å². The summed E-state index contributed by atoms with van der Waals surface area (Å²) >= 11 is 6.27. The number of aromatic nitrogens is 1. The van der Waals surface area contributed by atoms with Crippen molar-refractivity contribution in [2.45, 2.75) is 18.9 Å². The Balaban J connectivity index is 0.000000505. The lowest BCUT2D eigenvalue weighted by atomic mass is 10.2. The number of fused-ring (bicyclic) bond motifs is 1. The Morgan fingerprint density at radius 1 is 1.08 bits per heavy atom. The van der Waals surface area contributed by atoms with E-state index in [0.29, 0.717) is 17.7 Å². The predicted octanol–water partition coefficient (Wildman–Crippen LogP) is 3.45. The van der Waals surface area contributed by atoms with Gasteiger partial charge in [0.1, 0.15) is 18.2 Å². The largest absolute Gasteiger partial charge is 0.490 e. The van der Waals surface area contributed by atoms with Crippen molar-refractivity contribution in [3.05, 3.63) is 59.5 Å². The Morgan fingerprint density at radius 2 is 1.82 bits per heavy atom. The van der Waals surface area contributed by atoms with Gasteiger partial charge in [0.15, 0.2) is 0 Å². The molecule has 0 bridgehead atoms. The number of nitrogens with zero attached hydrogens (tertiary/aromatic N) is 3. The van der Waals surface area contributed by atoms with E-state index < -0.39 is 11.9 Å². The fourth-order valence-corrected chi connectivity index (χ4v) is 4.81. The van der Waals surface area contributed by atoms with E-state index in [4.69, 9.17) is 36.1 Å². The minimum Gasteiger partial charge on any atom is -0.490 e. The Morgan fingerprint density at radius 3 is 2.47 bits per heavy atom. The molecule has 2 aromatic carbocycles. The molecule has 1 atom stereocenters. The highest BCUT2D eigenvalue weighted by molar-refractivity contribution is 6.31. The molecule has 202 valence electrons. The van der Waals surface area contributed by atoms with Gasteiger partial charge in [-0.1, -0.05) is 11.6 Å². The average molecular weight is 547 g/mol. The van der Waals surface area contributed by atoms with Crippen molar-refractivity contribution in [1.82, 2.24) is 19.7 Å². The summed E-state index contributed by atoms with van der Waals surface area (Å²) in [7, 11) is 0. The molecule has 0 saturated carbocycles. The van der Waals surface area contributed by atoms with Gasteiger partial charge in [0, 0.05) is 48.3 Å². The molecular weight excluding hydrogens is 519 g/mol. The molecule has 2 saturated heterocycles. The first-order chi connectivity index (χ1) is 18.2. The fraction of sp³-hybridized carbons (Fsp3) is 0.346. The maximum atomic E-state index is 13.4. The molecule has 3 N–H and O–H groups in total. The average Bonchev–Trinajstić information content (AvgIpc) is 3.60. The fourth-order valence-electron chi connectivity index (χ4n) is 4.64. The number of hydrogen-bond donors (Lipinski definition) is 3. The molecule has 1 aromatic heterocycles. The SMILES string of the molecule is O=C(O)C(=O)O.O=C1NCCN1CCN1CCC[C@@H]1COc1cn(-c2ccc(F)cc2)c2ccc(Cl)cc12. The van der Waals surface area contributed by atoms with Gasteiger partial charge in [-0.05, 0) is 61.9 Å². The lowest BCUT2D eigenvalue weighted by Gasteiger charge is -2.26. The highest BCUT2D eigenvalue weighted by Gasteiger charge is 2.27. The first kappa shape index (κ1) is 27.2. The summed E-state index contributed by atoms with van der Waals surface area (Å²) in [5, 5.41) is 19.2. The van der Waals surface area contributed by atoms with Gasteiger partial charge in [-0.25, -0.2) is 18.8 Å². The number of ether oxygens (including phenoxy) is 1. The van der Waals surface area contributed by atoms with Crippen LogP contribution < -0.4 is 10.1 Å². The summed E-state index contributed by atoms with van der Waals surface area (Å²) in [5.41, 5.74) is 1.82. The maximum Gasteiger partial charge on any atom is 0.414 e. The summed E-state index contributed by atoms with van der Waals surface area (Å²) in [6.45, 7) is 4.68. The van der Waals surface area contributed by atoms with E-state index >= 15 is 0 Å². The van der Waals surface area contributed by atoms with Gasteiger partial charge >= 0.3 is 18.0 Å². The van der Waals surface area contributed by atoms with Crippen molar-refractivity contribution in [1.29, 1.82) is 0 Å². The highest BCUT2D eigenvalue weighted by atomic mass is 35.5. The third kappa shape index (κ3) is 6.53. The Hall–Kier alpha value is -3.83. The first-order valence-electron chi connectivity index (χ1n) is 12.2. The molecule has 5 rings (SSSR count). The van der Waals surface area contributed by atoms with E-state index in [2.05, 4.69) is 10.2 Å². The van der Waals surface area contributed by atoms with E-state index in [-0.39, 0.29) is 11.8 Å². The molecule has 2 aliphatic rings. The number of halogens is 2. The molecule has 0 spiro atoms. The van der Waals surface area contributed by atoms with Crippen molar-refractivity contribution in [3.8, 4) is 11.4 Å². The minimum atomic E-state index is -1.82. The number of likely N-dealkylation sites (tertiary alicyclic amines) is 1. The van der Waals surface area contributed by atoms with Crippen molar-refractivity contribution < 1.29 is 33.7 Å². The molecule has 2 fully saturated rings. The third-order valence-corrected chi connectivity index (χ3v) is 6.79. The third-order valence-electron chi connectivity index (χ3n) is 6.55. The second-order valence-corrected chi connectivity index (χ2v) is 9.41. The van der Waals surface area contributed by atoms with E-state index in [0.717, 1.165) is 67.9 Å². The molecule has 0 unspecified atom stereocenters. The van der Waals surface area contributed by atoms with Crippen LogP contribution in [0.2, 0.25) is 5.02 Å². The van der Waals surface area contributed by atoms with Gasteiger partial charge in [-0.2, -0.15) is 0 Å². The van der Waals surface area contributed by atoms with E-state index in [1.54, 1.807) is 12.1 Å². The second kappa shape index (κ2) is 12.1. The number of rotatable bonds is 7. The molecule has 10 nitrogen and oxygen atoms in total. The van der Waals surface area contributed by atoms with Crippen LogP contribution in [-0.4, -0.2) is 87.9 Å². The molecule has 38 heavy (non-hydrogen) atoms. The summed E-state index contributed by atoms with van der Waals surface area (Å²) < 4.78 is 21.7. The minimum absolute atomic E-state index is 0.0301. The summed E-state index contributed by atoms with van der Waals surface area (Å²) in [6.07, 6.45) is 4.15. The number of carboxylic acid groups (broad SMARTS) is 2.